The van der Waals surface area contributed by atoms with Crippen molar-refractivity contribution in [2.24, 2.45) is 0 Å². The van der Waals surface area contributed by atoms with Gasteiger partial charge in [0.1, 0.15) is 6.04 Å². The molecule has 0 aromatic heterocycles. The lowest BCUT2D eigenvalue weighted by molar-refractivity contribution is -0.133. The van der Waals surface area contributed by atoms with Crippen LogP contribution < -0.4 is 15.5 Å². The van der Waals surface area contributed by atoms with Crippen molar-refractivity contribution in [3.8, 4) is 23.7 Å². The lowest BCUT2D eigenvalue weighted by Crippen LogP contribution is -2.51. The number of hydroxylamine groups is 1. The molecule has 0 aliphatic carbocycles. The summed E-state index contributed by atoms with van der Waals surface area (Å²) in [5, 5.41) is 20.6. The van der Waals surface area contributed by atoms with Crippen LogP contribution in [0, 0.1) is 23.7 Å². The number of rotatable bonds is 6. The van der Waals surface area contributed by atoms with Gasteiger partial charge in [0.2, 0.25) is 10.0 Å². The molecule has 2 aromatic rings. The highest BCUT2D eigenvalue weighted by molar-refractivity contribution is 7.92. The molecule has 0 spiro atoms. The van der Waals surface area contributed by atoms with E-state index in [-0.39, 0.29) is 5.56 Å². The van der Waals surface area contributed by atoms with E-state index in [1.807, 2.05) is 0 Å². The van der Waals surface area contributed by atoms with E-state index in [0.29, 0.717) is 16.8 Å². The fraction of sp³-hybridized carbons (Fsp3) is 0.182. The quantitative estimate of drug-likeness (QED) is 0.243. The van der Waals surface area contributed by atoms with Crippen molar-refractivity contribution >= 4 is 27.5 Å². The Hall–Kier alpha value is -3.83. The van der Waals surface area contributed by atoms with Gasteiger partial charge in [-0.15, -0.1) is 0 Å². The standard InChI is InChI=1S/C22H21N3O6S/c1-15(26)20(22(28)24-29)23-21(27)18-12-10-16(11-13-18)6-3-4-7-17-8-5-9-19(14-17)25-32(2,30)31/h5,8-15,20,25-26,29H,1-2H3,(H,23,27)(H,24,28)/t15-,20+/m1/s1. The molecule has 0 saturated carbocycles. The predicted octanol–water partition coefficient (Wildman–Crippen LogP) is 0.446. The van der Waals surface area contributed by atoms with Crippen molar-refractivity contribution in [2.45, 2.75) is 19.1 Å². The van der Waals surface area contributed by atoms with E-state index in [0.717, 1.165) is 6.26 Å². The summed E-state index contributed by atoms with van der Waals surface area (Å²) in [4.78, 5) is 23.7. The van der Waals surface area contributed by atoms with Crippen LogP contribution in [0.3, 0.4) is 0 Å². The molecule has 0 saturated heterocycles. The molecule has 2 atom stereocenters. The van der Waals surface area contributed by atoms with Crippen LogP contribution in [-0.2, 0) is 14.8 Å². The van der Waals surface area contributed by atoms with Gasteiger partial charge in [0.05, 0.1) is 12.4 Å². The summed E-state index contributed by atoms with van der Waals surface area (Å²) in [6, 6.07) is 11.4. The summed E-state index contributed by atoms with van der Waals surface area (Å²) in [6.45, 7) is 1.30. The van der Waals surface area contributed by atoms with Crippen LogP contribution in [0.15, 0.2) is 48.5 Å². The molecule has 0 unspecified atom stereocenters. The molecule has 0 radical (unpaired) electrons. The van der Waals surface area contributed by atoms with Crippen molar-refractivity contribution in [3.63, 3.8) is 0 Å². The molecule has 2 aromatic carbocycles. The second-order valence-electron chi connectivity index (χ2n) is 6.70. The summed E-state index contributed by atoms with van der Waals surface area (Å²) >= 11 is 0. The number of carbonyl (C=O) groups is 2. The van der Waals surface area contributed by atoms with Crippen molar-refractivity contribution in [1.29, 1.82) is 0 Å². The highest BCUT2D eigenvalue weighted by Gasteiger charge is 2.25. The molecule has 0 bridgehead atoms. The minimum atomic E-state index is -3.38. The molecule has 2 amide bonds. The molecule has 9 nitrogen and oxygen atoms in total. The summed E-state index contributed by atoms with van der Waals surface area (Å²) in [5.74, 6) is 9.43. The zero-order chi connectivity index (χ0) is 23.7. The normalized spacial score (nSPS) is 12.1. The van der Waals surface area contributed by atoms with Crippen molar-refractivity contribution in [1.82, 2.24) is 10.8 Å². The molecule has 0 fully saturated rings. The first-order valence-corrected chi connectivity index (χ1v) is 11.1. The van der Waals surface area contributed by atoms with Crippen LogP contribution in [0.1, 0.15) is 28.4 Å². The Morgan fingerprint density at radius 3 is 2.19 bits per heavy atom. The second-order valence-corrected chi connectivity index (χ2v) is 8.45. The van der Waals surface area contributed by atoms with Crippen LogP contribution in [0.4, 0.5) is 5.69 Å². The SMILES string of the molecule is C[C@@H](O)[C@H](NC(=O)c1ccc(C#CC#Cc2cccc(NS(C)(=O)=O)c2)cc1)C(=O)NO. The maximum absolute atomic E-state index is 12.2. The topological polar surface area (TPSA) is 145 Å². The number of benzene rings is 2. The third kappa shape index (κ3) is 7.78. The fourth-order valence-corrected chi connectivity index (χ4v) is 3.04. The third-order valence-corrected chi connectivity index (χ3v) is 4.56. The Morgan fingerprint density at radius 2 is 1.62 bits per heavy atom. The number of hydrogen-bond acceptors (Lipinski definition) is 6. The van der Waals surface area contributed by atoms with E-state index in [1.54, 1.807) is 36.4 Å². The number of amides is 2. The Bertz CT molecular complexity index is 1220. The number of aliphatic hydroxyl groups excluding tert-OH is 1. The first kappa shape index (κ1) is 24.4. The number of sulfonamides is 1. The molecule has 0 aliphatic rings. The molecule has 0 aliphatic heterocycles. The molecule has 32 heavy (non-hydrogen) atoms. The maximum Gasteiger partial charge on any atom is 0.268 e. The van der Waals surface area contributed by atoms with Crippen LogP contribution in [-0.4, -0.2) is 48.9 Å². The lowest BCUT2D eigenvalue weighted by atomic mass is 10.1. The average Bonchev–Trinajstić information content (AvgIpc) is 2.73. The van der Waals surface area contributed by atoms with E-state index < -0.39 is 34.0 Å². The molecule has 2 rings (SSSR count). The van der Waals surface area contributed by atoms with Crippen molar-refractivity contribution in [3.05, 3.63) is 65.2 Å². The van der Waals surface area contributed by atoms with Gasteiger partial charge in [-0.25, -0.2) is 13.9 Å². The minimum absolute atomic E-state index is 0.230. The first-order chi connectivity index (χ1) is 15.1. The highest BCUT2D eigenvalue weighted by Crippen LogP contribution is 2.11. The molecule has 166 valence electrons. The van der Waals surface area contributed by atoms with Crippen LogP contribution in [0.25, 0.3) is 0 Å². The number of carbonyl (C=O) groups excluding carboxylic acids is 2. The van der Waals surface area contributed by atoms with Gasteiger partial charge in [0.15, 0.2) is 0 Å². The van der Waals surface area contributed by atoms with Gasteiger partial charge in [-0.1, -0.05) is 17.9 Å². The number of hydrogen-bond donors (Lipinski definition) is 5. The summed E-state index contributed by atoms with van der Waals surface area (Å²) in [7, 11) is -3.38. The smallest absolute Gasteiger partial charge is 0.268 e. The van der Waals surface area contributed by atoms with Crippen molar-refractivity contribution in [2.75, 3.05) is 11.0 Å². The molecular weight excluding hydrogens is 434 g/mol. The van der Waals surface area contributed by atoms with E-state index in [9.17, 15) is 23.1 Å². The Labute approximate surface area is 185 Å². The van der Waals surface area contributed by atoms with E-state index in [4.69, 9.17) is 5.21 Å². The Morgan fingerprint density at radius 1 is 1.00 bits per heavy atom. The minimum Gasteiger partial charge on any atom is -0.391 e. The summed E-state index contributed by atoms with van der Waals surface area (Å²) < 4.78 is 24.9. The van der Waals surface area contributed by atoms with Gasteiger partial charge in [-0.2, -0.15) is 0 Å². The monoisotopic (exact) mass is 455 g/mol. The largest absolute Gasteiger partial charge is 0.391 e. The predicted molar refractivity (Wildman–Crippen MR) is 118 cm³/mol. The average molecular weight is 455 g/mol. The van der Waals surface area contributed by atoms with Gasteiger partial charge in [0, 0.05) is 22.4 Å². The number of anilines is 1. The van der Waals surface area contributed by atoms with E-state index >= 15 is 0 Å². The molecule has 10 heteroatoms. The third-order valence-electron chi connectivity index (χ3n) is 3.95. The van der Waals surface area contributed by atoms with Gasteiger partial charge in [0.25, 0.3) is 11.8 Å². The van der Waals surface area contributed by atoms with Crippen molar-refractivity contribution < 1.29 is 28.3 Å². The lowest BCUT2D eigenvalue weighted by Gasteiger charge is -2.19. The zero-order valence-corrected chi connectivity index (χ0v) is 18.0. The van der Waals surface area contributed by atoms with Gasteiger partial charge >= 0.3 is 0 Å². The van der Waals surface area contributed by atoms with Crippen LogP contribution in [0.5, 0.6) is 0 Å². The van der Waals surface area contributed by atoms with Crippen LogP contribution >= 0.6 is 0 Å². The zero-order valence-electron chi connectivity index (χ0n) is 17.2. The van der Waals surface area contributed by atoms with Gasteiger partial charge < -0.3 is 10.4 Å². The van der Waals surface area contributed by atoms with Gasteiger partial charge in [-0.05, 0) is 61.2 Å². The summed E-state index contributed by atoms with van der Waals surface area (Å²) in [6.07, 6.45) is -0.152. The Kier molecular flexibility index (Phi) is 8.38. The molecular formula is C22H21N3O6S. The fourth-order valence-electron chi connectivity index (χ4n) is 2.49. The highest BCUT2D eigenvalue weighted by atomic mass is 32.2. The number of nitrogens with one attached hydrogen (secondary N) is 3. The van der Waals surface area contributed by atoms with E-state index in [2.05, 4.69) is 33.7 Å². The van der Waals surface area contributed by atoms with E-state index in [1.165, 1.54) is 24.5 Å². The first-order valence-electron chi connectivity index (χ1n) is 9.22. The van der Waals surface area contributed by atoms with Crippen LogP contribution in [0.2, 0.25) is 0 Å². The maximum atomic E-state index is 12.2. The number of aliphatic hydroxyl groups is 1. The van der Waals surface area contributed by atoms with Gasteiger partial charge in [-0.3, -0.25) is 19.5 Å². The molecule has 0 heterocycles. The second kappa shape index (κ2) is 11.0. The Balaban J connectivity index is 2.05. The summed E-state index contributed by atoms with van der Waals surface area (Å²) in [5.41, 5.74) is 3.19. The molecule has 5 N–H and O–H groups in total.